The lowest BCUT2D eigenvalue weighted by molar-refractivity contribution is 0.0948. The van der Waals surface area contributed by atoms with Gasteiger partial charge in [0.2, 0.25) is 0 Å². The van der Waals surface area contributed by atoms with Crippen LogP contribution in [0.25, 0.3) is 0 Å². The minimum absolute atomic E-state index is 0.321. The second-order valence-corrected chi connectivity index (χ2v) is 5.02. The maximum Gasteiger partial charge on any atom is 0.283 e. The van der Waals surface area contributed by atoms with Gasteiger partial charge in [-0.25, -0.2) is 10.8 Å². The number of nitrogens with zero attached hydrogens (tertiary/aromatic N) is 3. The predicted molar refractivity (Wildman–Crippen MR) is 73.4 cm³/mol. The van der Waals surface area contributed by atoms with Crippen LogP contribution in [0, 0.1) is 6.92 Å². The number of rotatable bonds is 4. The van der Waals surface area contributed by atoms with Gasteiger partial charge in [0.15, 0.2) is 0 Å². The van der Waals surface area contributed by atoms with E-state index in [0.29, 0.717) is 11.4 Å². The smallest absolute Gasteiger partial charge is 0.283 e. The molecule has 2 aromatic rings. The number of nitrogens with two attached hydrogens (primary N) is 1. The van der Waals surface area contributed by atoms with E-state index in [0.717, 1.165) is 16.4 Å². The van der Waals surface area contributed by atoms with Crippen molar-refractivity contribution in [3.63, 3.8) is 0 Å². The van der Waals surface area contributed by atoms with Gasteiger partial charge in [-0.3, -0.25) is 14.9 Å². The molecular weight excluding hydrogens is 262 g/mol. The van der Waals surface area contributed by atoms with Gasteiger partial charge in [-0.05, 0) is 25.1 Å². The van der Waals surface area contributed by atoms with Crippen LogP contribution < -0.4 is 11.3 Å². The Kier molecular flexibility index (Phi) is 4.18. The molecule has 2 aromatic heterocycles. The number of carbonyl (C=O) groups is 1. The van der Waals surface area contributed by atoms with Gasteiger partial charge in [0.25, 0.3) is 5.91 Å². The summed E-state index contributed by atoms with van der Waals surface area (Å²) in [5.74, 6) is 5.37. The van der Waals surface area contributed by atoms with E-state index in [1.807, 2.05) is 30.8 Å². The number of hydrogen-bond acceptors (Lipinski definition) is 5. The van der Waals surface area contributed by atoms with Crippen LogP contribution in [0.4, 0.5) is 0 Å². The summed E-state index contributed by atoms with van der Waals surface area (Å²) in [4.78, 5) is 15.6. The highest BCUT2D eigenvalue weighted by molar-refractivity contribution is 7.98. The van der Waals surface area contributed by atoms with Gasteiger partial charge in [0.05, 0.1) is 16.4 Å². The first-order chi connectivity index (χ1) is 9.10. The highest BCUT2D eigenvalue weighted by Crippen LogP contribution is 2.22. The highest BCUT2D eigenvalue weighted by Gasteiger charge is 2.07. The van der Waals surface area contributed by atoms with Crippen LogP contribution in [0.5, 0.6) is 0 Å². The zero-order chi connectivity index (χ0) is 13.8. The van der Waals surface area contributed by atoms with E-state index in [1.165, 1.54) is 0 Å². The summed E-state index contributed by atoms with van der Waals surface area (Å²) in [6, 6.07) is 7.32. The Morgan fingerprint density at radius 2 is 2.32 bits per heavy atom. The molecule has 3 N–H and O–H groups in total. The molecule has 0 aliphatic rings. The molecule has 6 nitrogen and oxygen atoms in total. The molecule has 100 valence electrons. The van der Waals surface area contributed by atoms with E-state index in [9.17, 15) is 4.79 Å². The monoisotopic (exact) mass is 277 g/mol. The molecule has 0 spiro atoms. The Morgan fingerprint density at radius 1 is 1.53 bits per heavy atom. The number of amides is 1. The van der Waals surface area contributed by atoms with E-state index in [4.69, 9.17) is 5.84 Å². The number of pyridine rings is 1. The number of hydrazine groups is 1. The molecule has 2 rings (SSSR count). The molecule has 0 radical (unpaired) electrons. The molecule has 19 heavy (non-hydrogen) atoms. The summed E-state index contributed by atoms with van der Waals surface area (Å²) in [5, 5.41) is 5.34. The topological polar surface area (TPSA) is 85.8 Å². The van der Waals surface area contributed by atoms with Crippen molar-refractivity contribution in [3.05, 3.63) is 41.3 Å². The fourth-order valence-electron chi connectivity index (χ4n) is 1.63. The number of aryl methyl sites for hydroxylation is 2. The van der Waals surface area contributed by atoms with Crippen molar-refractivity contribution in [1.82, 2.24) is 20.2 Å². The van der Waals surface area contributed by atoms with Crippen LogP contribution in [-0.4, -0.2) is 20.7 Å². The second-order valence-electron chi connectivity index (χ2n) is 4.02. The Hall–Kier alpha value is -1.86. The minimum Gasteiger partial charge on any atom is -0.289 e. The molecule has 2 heterocycles. The third-order valence-electron chi connectivity index (χ3n) is 2.50. The van der Waals surface area contributed by atoms with E-state index in [2.05, 4.69) is 15.5 Å². The third kappa shape index (κ3) is 3.33. The maximum absolute atomic E-state index is 11.4. The zero-order valence-electron chi connectivity index (χ0n) is 10.8. The zero-order valence-corrected chi connectivity index (χ0v) is 11.6. The van der Waals surface area contributed by atoms with Crippen molar-refractivity contribution < 1.29 is 4.79 Å². The molecule has 0 aliphatic heterocycles. The molecule has 0 atom stereocenters. The maximum atomic E-state index is 11.4. The first-order valence-electron chi connectivity index (χ1n) is 5.70. The average molecular weight is 277 g/mol. The normalized spacial score (nSPS) is 10.5. The molecule has 1 amide bonds. The van der Waals surface area contributed by atoms with E-state index < -0.39 is 0 Å². The van der Waals surface area contributed by atoms with E-state index in [-0.39, 0.29) is 5.91 Å². The first-order valence-corrected chi connectivity index (χ1v) is 6.69. The number of aromatic nitrogens is 3. The predicted octanol–water partition coefficient (Wildman–Crippen LogP) is 1.02. The third-order valence-corrected chi connectivity index (χ3v) is 3.62. The number of hydrogen-bond donors (Lipinski definition) is 2. The summed E-state index contributed by atoms with van der Waals surface area (Å²) in [6.45, 7) is 1.95. The van der Waals surface area contributed by atoms with Gasteiger partial charge >= 0.3 is 0 Å². The van der Waals surface area contributed by atoms with Crippen LogP contribution >= 0.6 is 11.8 Å². The van der Waals surface area contributed by atoms with E-state index in [1.54, 1.807) is 23.9 Å². The van der Waals surface area contributed by atoms with Crippen LogP contribution in [0.3, 0.4) is 0 Å². The van der Waals surface area contributed by atoms with Crippen LogP contribution in [-0.2, 0) is 12.8 Å². The van der Waals surface area contributed by atoms with Gasteiger partial charge in [-0.1, -0.05) is 6.07 Å². The molecule has 0 bridgehead atoms. The van der Waals surface area contributed by atoms with Crippen molar-refractivity contribution in [3.8, 4) is 0 Å². The largest absolute Gasteiger partial charge is 0.289 e. The Bertz CT molecular complexity index is 596. The fraction of sp³-hybridized carbons (Fsp3) is 0.250. The Labute approximate surface area is 115 Å². The van der Waals surface area contributed by atoms with E-state index >= 15 is 0 Å². The summed E-state index contributed by atoms with van der Waals surface area (Å²) in [6.07, 6.45) is 0. The number of carbonyl (C=O) groups excluding carboxylic acids is 1. The van der Waals surface area contributed by atoms with Gasteiger partial charge in [0.1, 0.15) is 5.69 Å². The molecule has 0 aliphatic carbocycles. The molecule has 0 fully saturated rings. The Morgan fingerprint density at radius 3 is 2.95 bits per heavy atom. The summed E-state index contributed by atoms with van der Waals surface area (Å²) < 4.78 is 1.83. The molecule has 0 saturated heterocycles. The molecule has 0 aromatic carbocycles. The first kappa shape index (κ1) is 13.6. The van der Waals surface area contributed by atoms with Crippen molar-refractivity contribution in [2.45, 2.75) is 17.7 Å². The van der Waals surface area contributed by atoms with Crippen molar-refractivity contribution >= 4 is 17.7 Å². The Balaban J connectivity index is 2.07. The van der Waals surface area contributed by atoms with Crippen LogP contribution in [0.2, 0.25) is 0 Å². The number of thioether (sulfide) groups is 1. The summed E-state index contributed by atoms with van der Waals surface area (Å²) >= 11 is 1.62. The number of nitrogens with one attached hydrogen (secondary N) is 1. The minimum atomic E-state index is -0.386. The fourth-order valence-corrected chi connectivity index (χ4v) is 2.57. The molecule has 7 heteroatoms. The van der Waals surface area contributed by atoms with Gasteiger partial charge in [-0.15, -0.1) is 11.8 Å². The lowest BCUT2D eigenvalue weighted by atomic mass is 10.3. The second kappa shape index (κ2) is 5.85. The van der Waals surface area contributed by atoms with Gasteiger partial charge in [-0.2, -0.15) is 5.10 Å². The van der Waals surface area contributed by atoms with Crippen molar-refractivity contribution in [2.75, 3.05) is 0 Å². The summed E-state index contributed by atoms with van der Waals surface area (Å²) in [7, 11) is 1.90. The van der Waals surface area contributed by atoms with Gasteiger partial charge in [0, 0.05) is 12.8 Å². The lowest BCUT2D eigenvalue weighted by Gasteiger charge is -2.04. The lowest BCUT2D eigenvalue weighted by Crippen LogP contribution is -2.30. The van der Waals surface area contributed by atoms with Crippen LogP contribution in [0.15, 0.2) is 29.3 Å². The van der Waals surface area contributed by atoms with Gasteiger partial charge < -0.3 is 0 Å². The molecule has 0 unspecified atom stereocenters. The SMILES string of the molecule is Cc1cc(SCc2cccc(C(=O)NN)n2)n(C)n1. The average Bonchev–Trinajstić information content (AvgIpc) is 2.74. The quantitative estimate of drug-likeness (QED) is 0.377. The molecular formula is C12H15N5OS. The highest BCUT2D eigenvalue weighted by atomic mass is 32.2. The number of nitrogen functional groups attached to an aromatic ring is 1. The summed E-state index contributed by atoms with van der Waals surface area (Å²) in [5.41, 5.74) is 4.20. The molecule has 0 saturated carbocycles. The standard InChI is InChI=1S/C12H15N5OS/c1-8-6-11(17(2)16-8)19-7-9-4-3-5-10(14-9)12(18)15-13/h3-6H,7,13H2,1-2H3,(H,15,18). The van der Waals surface area contributed by atoms with Crippen molar-refractivity contribution in [2.24, 2.45) is 12.9 Å². The van der Waals surface area contributed by atoms with Crippen molar-refractivity contribution in [1.29, 1.82) is 0 Å². The van der Waals surface area contributed by atoms with Crippen LogP contribution in [0.1, 0.15) is 21.9 Å².